The summed E-state index contributed by atoms with van der Waals surface area (Å²) in [6, 6.07) is 15.4. The number of non-ortho nitro benzene ring substituents is 1. The van der Waals surface area contributed by atoms with Crippen LogP contribution < -0.4 is 4.74 Å². The topological polar surface area (TPSA) is 133 Å². The van der Waals surface area contributed by atoms with Gasteiger partial charge in [0.1, 0.15) is 23.1 Å². The number of aromatic nitrogens is 1. The lowest BCUT2D eigenvalue weighted by atomic mass is 10.1. The van der Waals surface area contributed by atoms with Crippen LogP contribution in [0.3, 0.4) is 0 Å². The third-order valence-corrected chi connectivity index (χ3v) is 5.92. The second-order valence-electron chi connectivity index (χ2n) is 8.09. The predicted octanol–water partition coefficient (Wildman–Crippen LogP) is 6.75. The van der Waals surface area contributed by atoms with Gasteiger partial charge in [-0.3, -0.25) is 10.1 Å². The van der Waals surface area contributed by atoms with Crippen LogP contribution >= 0.6 is 0 Å². The van der Waals surface area contributed by atoms with Crippen LogP contribution in [0.2, 0.25) is 0 Å². The van der Waals surface area contributed by atoms with Crippen molar-refractivity contribution in [3.63, 3.8) is 0 Å². The van der Waals surface area contributed by atoms with Crippen LogP contribution in [0.15, 0.2) is 79.3 Å². The Bertz CT molecular complexity index is 1660. The minimum Gasteiger partial charge on any atom is -0.494 e. The molecule has 4 heterocycles. The van der Waals surface area contributed by atoms with Gasteiger partial charge in [-0.25, -0.2) is 4.99 Å². The molecular weight excluding hydrogens is 476 g/mol. The summed E-state index contributed by atoms with van der Waals surface area (Å²) >= 11 is 0. The molecule has 0 atom stereocenters. The third kappa shape index (κ3) is 4.08. The molecule has 0 aliphatic heterocycles. The third-order valence-electron chi connectivity index (χ3n) is 5.92. The maximum Gasteiger partial charge on any atom is 0.273 e. The summed E-state index contributed by atoms with van der Waals surface area (Å²) in [7, 11) is 1.46. The highest BCUT2D eigenvalue weighted by Crippen LogP contribution is 2.43. The molecule has 1 aromatic carbocycles. The van der Waals surface area contributed by atoms with Crippen molar-refractivity contribution in [2.45, 2.75) is 13.8 Å². The van der Waals surface area contributed by atoms with E-state index in [1.807, 2.05) is 24.5 Å². The van der Waals surface area contributed by atoms with Crippen molar-refractivity contribution >= 4 is 17.8 Å². The Labute approximate surface area is 210 Å². The van der Waals surface area contributed by atoms with Crippen LogP contribution in [0.25, 0.3) is 28.5 Å². The molecule has 0 aliphatic carbocycles. The predicted molar refractivity (Wildman–Crippen MR) is 135 cm³/mol. The fraction of sp³-hybridized carbons (Fsp3) is 0.111. The molecular formula is C27H20N4O6. The zero-order valence-electron chi connectivity index (χ0n) is 20.1. The number of benzene rings is 1. The minimum absolute atomic E-state index is 0.0635. The Morgan fingerprint density at radius 2 is 1.84 bits per heavy atom. The lowest BCUT2D eigenvalue weighted by Crippen LogP contribution is -2.03. The first-order valence-electron chi connectivity index (χ1n) is 11.1. The summed E-state index contributed by atoms with van der Waals surface area (Å²) in [5.41, 5.74) is 3.69. The Kier molecular flexibility index (Phi) is 5.95. The molecule has 0 fully saturated rings. The maximum atomic E-state index is 11.2. The number of nitriles is 1. The van der Waals surface area contributed by atoms with Crippen molar-refractivity contribution in [1.29, 1.82) is 5.26 Å². The number of ether oxygens (including phenoxy) is 1. The fourth-order valence-electron chi connectivity index (χ4n) is 4.23. The summed E-state index contributed by atoms with van der Waals surface area (Å²) in [6.45, 7) is 3.80. The highest BCUT2D eigenvalue weighted by molar-refractivity contribution is 5.88. The molecule has 184 valence electrons. The number of rotatable bonds is 7. The lowest BCUT2D eigenvalue weighted by molar-refractivity contribution is -0.384. The van der Waals surface area contributed by atoms with Crippen LogP contribution in [0.1, 0.15) is 22.5 Å². The van der Waals surface area contributed by atoms with Gasteiger partial charge in [0, 0.05) is 29.2 Å². The highest BCUT2D eigenvalue weighted by atomic mass is 16.6. The normalized spacial score (nSPS) is 11.2. The molecule has 4 aromatic heterocycles. The maximum absolute atomic E-state index is 11.2. The molecule has 5 rings (SSSR count). The van der Waals surface area contributed by atoms with Crippen molar-refractivity contribution in [3.05, 3.63) is 93.7 Å². The summed E-state index contributed by atoms with van der Waals surface area (Å²) in [5, 5.41) is 21.1. The molecule has 0 N–H and O–H groups in total. The molecule has 0 spiro atoms. The Balaban J connectivity index is 1.58. The molecule has 5 aromatic rings. The first kappa shape index (κ1) is 23.4. The average Bonchev–Trinajstić information content (AvgIpc) is 3.69. The number of nitro benzene ring substituents is 1. The lowest BCUT2D eigenvalue weighted by Gasteiger charge is -2.13. The largest absolute Gasteiger partial charge is 0.494 e. The summed E-state index contributed by atoms with van der Waals surface area (Å²) in [4.78, 5) is 15.2. The molecule has 37 heavy (non-hydrogen) atoms. The van der Waals surface area contributed by atoms with E-state index in [0.717, 1.165) is 17.0 Å². The van der Waals surface area contributed by atoms with Crippen molar-refractivity contribution in [1.82, 2.24) is 4.57 Å². The standard InChI is InChI=1S/C27H20N4O6/c1-16-12-18(17(2)30(16)21-9-8-19(31(32)33)13-24(21)34-3)15-29-27-20(14-28)25(22-6-4-10-35-22)26(37-27)23-7-5-11-36-23/h4-13,15H,1-3H3. The number of furan rings is 3. The van der Waals surface area contributed by atoms with Gasteiger partial charge in [-0.2, -0.15) is 5.26 Å². The van der Waals surface area contributed by atoms with Gasteiger partial charge < -0.3 is 22.6 Å². The number of hydrogen-bond acceptors (Lipinski definition) is 8. The van der Waals surface area contributed by atoms with E-state index >= 15 is 0 Å². The van der Waals surface area contributed by atoms with Gasteiger partial charge in [0.2, 0.25) is 5.88 Å². The second kappa shape index (κ2) is 9.39. The Hall–Kier alpha value is -5.30. The zero-order chi connectivity index (χ0) is 26.1. The molecule has 0 bridgehead atoms. The molecule has 0 radical (unpaired) electrons. The van der Waals surface area contributed by atoms with E-state index in [2.05, 4.69) is 11.1 Å². The van der Waals surface area contributed by atoms with Crippen LogP contribution in [0.5, 0.6) is 5.75 Å². The van der Waals surface area contributed by atoms with Crippen molar-refractivity contribution in [2.75, 3.05) is 7.11 Å². The van der Waals surface area contributed by atoms with E-state index in [-0.39, 0.29) is 17.1 Å². The zero-order valence-corrected chi connectivity index (χ0v) is 20.1. The van der Waals surface area contributed by atoms with Crippen molar-refractivity contribution in [3.8, 4) is 40.4 Å². The summed E-state index contributed by atoms with van der Waals surface area (Å²) in [5.74, 6) is 1.70. The van der Waals surface area contributed by atoms with E-state index in [4.69, 9.17) is 18.0 Å². The smallest absolute Gasteiger partial charge is 0.273 e. The van der Waals surface area contributed by atoms with Gasteiger partial charge in [0.05, 0.1) is 41.9 Å². The van der Waals surface area contributed by atoms with Gasteiger partial charge in [-0.1, -0.05) is 0 Å². The molecule has 10 nitrogen and oxygen atoms in total. The quantitative estimate of drug-likeness (QED) is 0.138. The molecule has 0 unspecified atom stereocenters. The van der Waals surface area contributed by atoms with Crippen LogP contribution in [0, 0.1) is 35.3 Å². The number of aliphatic imine (C=N–C) groups is 1. The number of nitro groups is 1. The molecule has 0 saturated heterocycles. The minimum atomic E-state index is -0.468. The van der Waals surface area contributed by atoms with Crippen LogP contribution in [-0.2, 0) is 0 Å². The van der Waals surface area contributed by atoms with E-state index in [1.54, 1.807) is 36.5 Å². The van der Waals surface area contributed by atoms with E-state index in [1.165, 1.54) is 31.8 Å². The number of nitrogens with zero attached hydrogens (tertiary/aromatic N) is 4. The van der Waals surface area contributed by atoms with Gasteiger partial charge in [-0.05, 0) is 50.2 Å². The van der Waals surface area contributed by atoms with Crippen molar-refractivity contribution in [2.24, 2.45) is 4.99 Å². The van der Waals surface area contributed by atoms with E-state index in [9.17, 15) is 15.4 Å². The number of methoxy groups -OCH3 is 1. The SMILES string of the molecule is COc1cc([N+](=O)[O-])ccc1-n1c(C)cc(C=Nc2oc(-c3ccco3)c(-c3ccco3)c2C#N)c1C. The van der Waals surface area contributed by atoms with Gasteiger partial charge >= 0.3 is 0 Å². The average molecular weight is 496 g/mol. The first-order valence-corrected chi connectivity index (χ1v) is 11.1. The monoisotopic (exact) mass is 496 g/mol. The van der Waals surface area contributed by atoms with Gasteiger partial charge in [-0.15, -0.1) is 0 Å². The van der Waals surface area contributed by atoms with Crippen LogP contribution in [-0.4, -0.2) is 22.8 Å². The molecule has 0 saturated carbocycles. The number of hydrogen-bond donors (Lipinski definition) is 0. The van der Waals surface area contributed by atoms with Gasteiger partial charge in [0.15, 0.2) is 11.5 Å². The number of aryl methyl sites for hydroxylation is 1. The summed E-state index contributed by atoms with van der Waals surface area (Å²) < 4.78 is 24.4. The Morgan fingerprint density at radius 3 is 2.46 bits per heavy atom. The molecule has 10 heteroatoms. The van der Waals surface area contributed by atoms with E-state index in [0.29, 0.717) is 34.3 Å². The van der Waals surface area contributed by atoms with E-state index < -0.39 is 4.92 Å². The second-order valence-corrected chi connectivity index (χ2v) is 8.09. The van der Waals surface area contributed by atoms with Crippen LogP contribution in [0.4, 0.5) is 11.6 Å². The molecule has 0 aliphatic rings. The van der Waals surface area contributed by atoms with Crippen molar-refractivity contribution < 1.29 is 22.9 Å². The fourth-order valence-corrected chi connectivity index (χ4v) is 4.23. The Morgan fingerprint density at radius 1 is 1.11 bits per heavy atom. The summed E-state index contributed by atoms with van der Waals surface area (Å²) in [6.07, 6.45) is 4.63. The highest BCUT2D eigenvalue weighted by Gasteiger charge is 2.26. The molecule has 0 amide bonds. The van der Waals surface area contributed by atoms with Gasteiger partial charge in [0.25, 0.3) is 5.69 Å². The first-order chi connectivity index (χ1) is 17.9.